The summed E-state index contributed by atoms with van der Waals surface area (Å²) in [5.74, 6) is -1.86. The summed E-state index contributed by atoms with van der Waals surface area (Å²) in [5, 5.41) is 14.7. The van der Waals surface area contributed by atoms with Crippen LogP contribution in [0.5, 0.6) is 0 Å². The molecule has 2 rings (SSSR count). The lowest BCUT2D eigenvalue weighted by Gasteiger charge is -2.11. The number of aliphatic carboxylic acids is 1. The molecule has 7 heteroatoms. The highest BCUT2D eigenvalue weighted by molar-refractivity contribution is 6.30. The van der Waals surface area contributed by atoms with Crippen molar-refractivity contribution in [1.29, 1.82) is 0 Å². The van der Waals surface area contributed by atoms with Gasteiger partial charge in [-0.15, -0.1) is 0 Å². The largest absolute Gasteiger partial charge is 0.480 e. The molecule has 0 heterocycles. The molecule has 0 radical (unpaired) electrons. The average Bonchev–Trinajstić information content (AvgIpc) is 3.25. The van der Waals surface area contributed by atoms with Crippen LogP contribution >= 0.6 is 11.6 Å². The molecule has 0 spiro atoms. The zero-order valence-electron chi connectivity index (χ0n) is 11.2. The quantitative estimate of drug-likeness (QED) is 0.540. The zero-order valence-corrected chi connectivity index (χ0v) is 11.9. The molecular formula is C14H15ClN2O4. The van der Waals surface area contributed by atoms with Crippen LogP contribution in [0.15, 0.2) is 24.3 Å². The van der Waals surface area contributed by atoms with Crippen LogP contribution in [0, 0.1) is 5.41 Å². The topological polar surface area (TPSA) is 95.5 Å². The Labute approximate surface area is 126 Å². The second-order valence-corrected chi connectivity index (χ2v) is 5.34. The van der Waals surface area contributed by atoms with Crippen LogP contribution in [-0.4, -0.2) is 36.0 Å². The number of carboxylic acid groups (broad SMARTS) is 1. The molecule has 0 aromatic heterocycles. The molecule has 6 nitrogen and oxygen atoms in total. The van der Waals surface area contributed by atoms with Gasteiger partial charge in [-0.2, -0.15) is 0 Å². The summed E-state index contributed by atoms with van der Waals surface area (Å²) in [6, 6.07) is 6.42. The molecule has 1 fully saturated rings. The molecule has 112 valence electrons. The minimum Gasteiger partial charge on any atom is -0.480 e. The Bertz CT molecular complexity index is 567. The van der Waals surface area contributed by atoms with E-state index in [9.17, 15) is 14.4 Å². The molecule has 1 aliphatic carbocycles. The maximum atomic E-state index is 11.8. The Morgan fingerprint density at radius 3 is 2.19 bits per heavy atom. The van der Waals surface area contributed by atoms with Crippen LogP contribution in [-0.2, 0) is 9.59 Å². The SMILES string of the molecule is O=C(NCCNC(=O)C1(C(=O)O)CC1)c1ccc(Cl)cc1. The van der Waals surface area contributed by atoms with E-state index in [1.54, 1.807) is 24.3 Å². The number of carbonyl (C=O) groups is 3. The highest BCUT2D eigenvalue weighted by Gasteiger charge is 2.56. The molecule has 0 atom stereocenters. The first-order chi connectivity index (χ1) is 9.95. The van der Waals surface area contributed by atoms with Crippen LogP contribution in [0.3, 0.4) is 0 Å². The van der Waals surface area contributed by atoms with Gasteiger partial charge in [0.1, 0.15) is 5.41 Å². The standard InChI is InChI=1S/C14H15ClN2O4/c15-10-3-1-9(2-4-10)11(18)16-7-8-17-12(19)14(5-6-14)13(20)21/h1-4H,5-8H2,(H,16,18)(H,17,19)(H,20,21). The number of hydrogen-bond acceptors (Lipinski definition) is 3. The molecule has 0 unspecified atom stereocenters. The summed E-state index contributed by atoms with van der Waals surface area (Å²) < 4.78 is 0. The van der Waals surface area contributed by atoms with E-state index in [1.807, 2.05) is 0 Å². The number of benzene rings is 1. The van der Waals surface area contributed by atoms with E-state index in [-0.39, 0.29) is 19.0 Å². The molecule has 0 bridgehead atoms. The number of halogens is 1. The van der Waals surface area contributed by atoms with Crippen LogP contribution in [0.25, 0.3) is 0 Å². The molecule has 1 aliphatic rings. The van der Waals surface area contributed by atoms with E-state index in [0.29, 0.717) is 23.4 Å². The predicted octanol–water partition coefficient (Wildman–Crippen LogP) is 1.05. The molecule has 1 saturated carbocycles. The molecule has 1 aromatic rings. The van der Waals surface area contributed by atoms with Gasteiger partial charge in [0.2, 0.25) is 5.91 Å². The summed E-state index contributed by atoms with van der Waals surface area (Å²) in [6.07, 6.45) is 0.733. The Hall–Kier alpha value is -2.08. The number of nitrogens with one attached hydrogen (secondary N) is 2. The van der Waals surface area contributed by atoms with Crippen molar-refractivity contribution < 1.29 is 19.5 Å². The van der Waals surface area contributed by atoms with E-state index in [0.717, 1.165) is 0 Å². The van der Waals surface area contributed by atoms with Crippen molar-refractivity contribution in [3.63, 3.8) is 0 Å². The van der Waals surface area contributed by atoms with Gasteiger partial charge in [0.05, 0.1) is 0 Å². The Balaban J connectivity index is 1.73. The number of hydrogen-bond donors (Lipinski definition) is 3. The van der Waals surface area contributed by atoms with Crippen molar-refractivity contribution >= 4 is 29.4 Å². The second kappa shape index (κ2) is 6.13. The Morgan fingerprint density at radius 2 is 1.67 bits per heavy atom. The van der Waals surface area contributed by atoms with Gasteiger partial charge in [0.25, 0.3) is 5.91 Å². The Morgan fingerprint density at radius 1 is 1.10 bits per heavy atom. The van der Waals surface area contributed by atoms with Crippen molar-refractivity contribution in [3.05, 3.63) is 34.9 Å². The first kappa shape index (κ1) is 15.3. The van der Waals surface area contributed by atoms with Crippen LogP contribution < -0.4 is 10.6 Å². The molecule has 1 aromatic carbocycles. The number of amides is 2. The van der Waals surface area contributed by atoms with Gasteiger partial charge in [0, 0.05) is 23.7 Å². The summed E-state index contributed by atoms with van der Waals surface area (Å²) >= 11 is 5.72. The third kappa shape index (κ3) is 3.52. The first-order valence-electron chi connectivity index (χ1n) is 6.51. The van der Waals surface area contributed by atoms with Crippen molar-refractivity contribution in [1.82, 2.24) is 10.6 Å². The van der Waals surface area contributed by atoms with Gasteiger partial charge in [-0.1, -0.05) is 11.6 Å². The molecule has 3 N–H and O–H groups in total. The smallest absolute Gasteiger partial charge is 0.319 e. The lowest BCUT2D eigenvalue weighted by atomic mass is 10.1. The second-order valence-electron chi connectivity index (χ2n) is 4.91. The zero-order chi connectivity index (χ0) is 15.5. The lowest BCUT2D eigenvalue weighted by molar-refractivity contribution is -0.149. The van der Waals surface area contributed by atoms with Crippen LogP contribution in [0.1, 0.15) is 23.2 Å². The third-order valence-corrected chi connectivity index (χ3v) is 3.65. The highest BCUT2D eigenvalue weighted by atomic mass is 35.5. The van der Waals surface area contributed by atoms with Crippen molar-refractivity contribution in [3.8, 4) is 0 Å². The fourth-order valence-corrected chi connectivity index (χ4v) is 2.01. The maximum Gasteiger partial charge on any atom is 0.319 e. The van der Waals surface area contributed by atoms with Crippen LogP contribution in [0.2, 0.25) is 5.02 Å². The van der Waals surface area contributed by atoms with Crippen LogP contribution in [0.4, 0.5) is 0 Å². The van der Waals surface area contributed by atoms with Gasteiger partial charge >= 0.3 is 5.97 Å². The fraction of sp³-hybridized carbons (Fsp3) is 0.357. The van der Waals surface area contributed by atoms with Gasteiger partial charge in [-0.05, 0) is 37.1 Å². The number of carbonyl (C=O) groups excluding carboxylic acids is 2. The average molecular weight is 311 g/mol. The molecule has 2 amide bonds. The van der Waals surface area contributed by atoms with E-state index >= 15 is 0 Å². The molecular weight excluding hydrogens is 296 g/mol. The normalized spacial score (nSPS) is 15.1. The fourth-order valence-electron chi connectivity index (χ4n) is 1.89. The predicted molar refractivity (Wildman–Crippen MR) is 76.1 cm³/mol. The maximum absolute atomic E-state index is 11.8. The molecule has 21 heavy (non-hydrogen) atoms. The monoisotopic (exact) mass is 310 g/mol. The van der Waals surface area contributed by atoms with Gasteiger partial charge < -0.3 is 15.7 Å². The first-order valence-corrected chi connectivity index (χ1v) is 6.89. The van der Waals surface area contributed by atoms with Gasteiger partial charge in [0.15, 0.2) is 0 Å². The summed E-state index contributed by atoms with van der Waals surface area (Å²) in [5.41, 5.74) is -0.782. The van der Waals surface area contributed by atoms with E-state index in [4.69, 9.17) is 16.7 Å². The van der Waals surface area contributed by atoms with Crippen molar-refractivity contribution in [2.75, 3.05) is 13.1 Å². The van der Waals surface area contributed by atoms with Gasteiger partial charge in [-0.25, -0.2) is 0 Å². The van der Waals surface area contributed by atoms with Crippen molar-refractivity contribution in [2.24, 2.45) is 5.41 Å². The number of rotatable bonds is 6. The van der Waals surface area contributed by atoms with E-state index < -0.39 is 17.3 Å². The highest BCUT2D eigenvalue weighted by Crippen LogP contribution is 2.45. The van der Waals surface area contributed by atoms with E-state index in [2.05, 4.69) is 10.6 Å². The molecule has 0 saturated heterocycles. The minimum atomic E-state index is -1.25. The lowest BCUT2D eigenvalue weighted by Crippen LogP contribution is -2.41. The number of carboxylic acids is 1. The summed E-state index contributed by atoms with van der Waals surface area (Å²) in [4.78, 5) is 34.4. The minimum absolute atomic E-state index is 0.188. The Kier molecular flexibility index (Phi) is 4.47. The molecule has 0 aliphatic heterocycles. The van der Waals surface area contributed by atoms with Crippen molar-refractivity contribution in [2.45, 2.75) is 12.8 Å². The van der Waals surface area contributed by atoms with E-state index in [1.165, 1.54) is 0 Å². The third-order valence-electron chi connectivity index (χ3n) is 3.40. The van der Waals surface area contributed by atoms with Gasteiger partial charge in [-0.3, -0.25) is 14.4 Å². The summed E-state index contributed by atoms with van der Waals surface area (Å²) in [6.45, 7) is 0.413. The summed E-state index contributed by atoms with van der Waals surface area (Å²) in [7, 11) is 0.